The molecular weight excluding hydrogens is 498 g/mol. The van der Waals surface area contributed by atoms with Crippen LogP contribution < -0.4 is 5.32 Å². The predicted octanol–water partition coefficient (Wildman–Crippen LogP) is 1.04. The van der Waals surface area contributed by atoms with Gasteiger partial charge in [0.05, 0.1) is 6.61 Å². The zero-order chi connectivity index (χ0) is 27.5. The van der Waals surface area contributed by atoms with Gasteiger partial charge in [-0.05, 0) is 24.3 Å². The van der Waals surface area contributed by atoms with Gasteiger partial charge in [-0.3, -0.25) is 24.5 Å². The van der Waals surface area contributed by atoms with Gasteiger partial charge in [0.15, 0.2) is 24.6 Å². The Bertz CT molecular complexity index is 964. The van der Waals surface area contributed by atoms with Crippen LogP contribution in [-0.4, -0.2) is 85.6 Å². The lowest BCUT2D eigenvalue weighted by Gasteiger charge is -2.44. The Hall–Kier alpha value is -3.91. The van der Waals surface area contributed by atoms with Crippen LogP contribution in [-0.2, 0) is 52.3 Å². The standard InChI is InChI=1S/C23H29NO13/c1-12(25)33-11-18-19(34-13(2)26)20(35-14(3)27)21(36-15(4)28)22(37-18)31-9-10-32-23(30)24-16-5-7-17(29)8-6-16/h5-8,18-22,29H,9-11H2,1-4H3,(H,24,30)/t18?,19-,20?,21-,22?/m1/s1. The van der Waals surface area contributed by atoms with E-state index in [1.54, 1.807) is 0 Å². The average molecular weight is 527 g/mol. The number of amides is 1. The molecule has 1 heterocycles. The Morgan fingerprint density at radius 1 is 0.784 bits per heavy atom. The van der Waals surface area contributed by atoms with Gasteiger partial charge in [-0.25, -0.2) is 4.79 Å². The van der Waals surface area contributed by atoms with E-state index in [0.717, 1.165) is 27.7 Å². The lowest BCUT2D eigenvalue weighted by Crippen LogP contribution is -2.63. The normalized spacial score (nSPS) is 22.8. The number of aromatic hydroxyl groups is 1. The van der Waals surface area contributed by atoms with Gasteiger partial charge in [0.2, 0.25) is 0 Å². The highest BCUT2D eigenvalue weighted by atomic mass is 16.7. The molecular formula is C23H29NO13. The Balaban J connectivity index is 2.12. The van der Waals surface area contributed by atoms with Gasteiger partial charge in [-0.15, -0.1) is 0 Å². The van der Waals surface area contributed by atoms with Gasteiger partial charge >= 0.3 is 30.0 Å². The maximum atomic E-state index is 12.0. The Morgan fingerprint density at radius 3 is 1.92 bits per heavy atom. The van der Waals surface area contributed by atoms with Gasteiger partial charge in [0, 0.05) is 33.4 Å². The van der Waals surface area contributed by atoms with Crippen molar-refractivity contribution in [1.29, 1.82) is 0 Å². The molecule has 14 nitrogen and oxygen atoms in total. The number of esters is 4. The molecule has 5 atom stereocenters. The SMILES string of the molecule is CC(=O)OCC1OC(OCCOC(=O)Nc2ccc(O)cc2)[C@H](OC(C)=O)C(OC(C)=O)[C@@H]1OC(C)=O. The summed E-state index contributed by atoms with van der Waals surface area (Å²) >= 11 is 0. The second kappa shape index (κ2) is 14.0. The highest BCUT2D eigenvalue weighted by Crippen LogP contribution is 2.30. The second-order valence-electron chi connectivity index (χ2n) is 7.75. The fourth-order valence-corrected chi connectivity index (χ4v) is 3.32. The molecule has 2 N–H and O–H groups in total. The molecule has 1 fully saturated rings. The Labute approximate surface area is 212 Å². The summed E-state index contributed by atoms with van der Waals surface area (Å²) in [6, 6.07) is 5.68. The van der Waals surface area contributed by atoms with E-state index in [2.05, 4.69) is 5.32 Å². The molecule has 2 rings (SSSR count). The smallest absolute Gasteiger partial charge is 0.411 e. The maximum Gasteiger partial charge on any atom is 0.411 e. The van der Waals surface area contributed by atoms with E-state index < -0.39 is 67.3 Å². The van der Waals surface area contributed by atoms with Crippen LogP contribution in [0.4, 0.5) is 10.5 Å². The minimum Gasteiger partial charge on any atom is -0.508 e. The van der Waals surface area contributed by atoms with Crippen molar-refractivity contribution in [2.75, 3.05) is 25.1 Å². The largest absolute Gasteiger partial charge is 0.508 e. The first-order chi connectivity index (χ1) is 17.5. The molecule has 1 aromatic carbocycles. The van der Waals surface area contributed by atoms with Crippen LogP contribution in [0.2, 0.25) is 0 Å². The van der Waals surface area contributed by atoms with Crippen molar-refractivity contribution < 1.29 is 62.2 Å². The number of phenolic OH excluding ortho intramolecular Hbond substituents is 1. The van der Waals surface area contributed by atoms with Crippen molar-refractivity contribution in [1.82, 2.24) is 0 Å². The maximum absolute atomic E-state index is 12.0. The summed E-state index contributed by atoms with van der Waals surface area (Å²) in [6.45, 7) is 3.55. The molecule has 0 radical (unpaired) electrons. The predicted molar refractivity (Wildman–Crippen MR) is 121 cm³/mol. The van der Waals surface area contributed by atoms with Crippen LogP contribution >= 0.6 is 0 Å². The summed E-state index contributed by atoms with van der Waals surface area (Å²) < 4.78 is 37.2. The van der Waals surface area contributed by atoms with Crippen LogP contribution in [0.15, 0.2) is 24.3 Å². The Kier molecular flexibility index (Phi) is 11.1. The third-order valence-electron chi connectivity index (χ3n) is 4.66. The minimum absolute atomic E-state index is 0.0251. The molecule has 14 heteroatoms. The number of carbonyl (C=O) groups excluding carboxylic acids is 5. The van der Waals surface area contributed by atoms with E-state index in [0.29, 0.717) is 5.69 Å². The molecule has 0 aliphatic carbocycles. The average Bonchev–Trinajstić information content (AvgIpc) is 2.79. The van der Waals surface area contributed by atoms with Crippen molar-refractivity contribution in [3.05, 3.63) is 24.3 Å². The number of ether oxygens (including phenoxy) is 7. The molecule has 0 bridgehead atoms. The zero-order valence-electron chi connectivity index (χ0n) is 20.7. The van der Waals surface area contributed by atoms with Crippen LogP contribution in [0.25, 0.3) is 0 Å². The highest BCUT2D eigenvalue weighted by Gasteiger charge is 2.52. The number of carbonyl (C=O) groups is 5. The summed E-state index contributed by atoms with van der Waals surface area (Å²) in [5, 5.41) is 11.7. The lowest BCUT2D eigenvalue weighted by atomic mass is 9.98. The third-order valence-corrected chi connectivity index (χ3v) is 4.66. The summed E-state index contributed by atoms with van der Waals surface area (Å²) in [4.78, 5) is 58.6. The van der Waals surface area contributed by atoms with Crippen molar-refractivity contribution in [3.63, 3.8) is 0 Å². The number of nitrogens with one attached hydrogen (secondary N) is 1. The molecule has 1 aliphatic heterocycles. The van der Waals surface area contributed by atoms with E-state index in [1.165, 1.54) is 24.3 Å². The number of benzene rings is 1. The molecule has 204 valence electrons. The second-order valence-corrected chi connectivity index (χ2v) is 7.75. The van der Waals surface area contributed by atoms with Crippen LogP contribution in [0.1, 0.15) is 27.7 Å². The monoisotopic (exact) mass is 527 g/mol. The number of rotatable bonds is 10. The molecule has 37 heavy (non-hydrogen) atoms. The summed E-state index contributed by atoms with van der Waals surface area (Å²) in [5.74, 6) is -2.93. The molecule has 3 unspecified atom stereocenters. The van der Waals surface area contributed by atoms with Crippen molar-refractivity contribution in [2.45, 2.75) is 58.4 Å². The van der Waals surface area contributed by atoms with Gasteiger partial charge < -0.3 is 38.3 Å². The van der Waals surface area contributed by atoms with Gasteiger partial charge in [-0.1, -0.05) is 0 Å². The van der Waals surface area contributed by atoms with Crippen LogP contribution in [0.5, 0.6) is 5.75 Å². The molecule has 1 amide bonds. The van der Waals surface area contributed by atoms with Crippen molar-refractivity contribution in [2.24, 2.45) is 0 Å². The zero-order valence-corrected chi connectivity index (χ0v) is 20.7. The fourth-order valence-electron chi connectivity index (χ4n) is 3.32. The van der Waals surface area contributed by atoms with Crippen molar-refractivity contribution in [3.8, 4) is 5.75 Å². The number of hydrogen-bond acceptors (Lipinski definition) is 13. The number of phenols is 1. The van der Waals surface area contributed by atoms with Gasteiger partial charge in [0.1, 0.15) is 25.1 Å². The van der Waals surface area contributed by atoms with Gasteiger partial charge in [-0.2, -0.15) is 0 Å². The molecule has 1 aliphatic rings. The van der Waals surface area contributed by atoms with Crippen LogP contribution in [0.3, 0.4) is 0 Å². The van der Waals surface area contributed by atoms with Gasteiger partial charge in [0.25, 0.3) is 0 Å². The quantitative estimate of drug-likeness (QED) is 0.191. The summed E-state index contributed by atoms with van der Waals surface area (Å²) in [7, 11) is 0. The molecule has 1 saturated heterocycles. The molecule has 1 aromatic rings. The lowest BCUT2D eigenvalue weighted by molar-refractivity contribution is -0.308. The van der Waals surface area contributed by atoms with Crippen LogP contribution in [0, 0.1) is 0 Å². The Morgan fingerprint density at radius 2 is 1.35 bits per heavy atom. The van der Waals surface area contributed by atoms with E-state index in [9.17, 15) is 29.1 Å². The van der Waals surface area contributed by atoms with E-state index in [1.807, 2.05) is 0 Å². The number of anilines is 1. The minimum atomic E-state index is -1.38. The first-order valence-corrected chi connectivity index (χ1v) is 11.1. The molecule has 0 aromatic heterocycles. The van der Waals surface area contributed by atoms with Crippen molar-refractivity contribution >= 4 is 35.7 Å². The fraction of sp³-hybridized carbons (Fsp3) is 0.522. The third kappa shape index (κ3) is 9.93. The highest BCUT2D eigenvalue weighted by molar-refractivity contribution is 5.84. The number of hydrogen-bond donors (Lipinski definition) is 2. The van der Waals surface area contributed by atoms with E-state index in [-0.39, 0.29) is 19.0 Å². The summed E-state index contributed by atoms with van der Waals surface area (Å²) in [5.41, 5.74) is 0.378. The molecule has 0 spiro atoms. The first-order valence-electron chi connectivity index (χ1n) is 11.1. The summed E-state index contributed by atoms with van der Waals surface area (Å²) in [6.07, 6.45) is -7.42. The van der Waals surface area contributed by atoms with E-state index in [4.69, 9.17) is 33.2 Å². The first kappa shape index (κ1) is 29.3. The molecule has 0 saturated carbocycles. The topological polar surface area (TPSA) is 182 Å². The van der Waals surface area contributed by atoms with E-state index >= 15 is 0 Å².